The van der Waals surface area contributed by atoms with Crippen molar-refractivity contribution in [2.45, 2.75) is 51.6 Å². The summed E-state index contributed by atoms with van der Waals surface area (Å²) in [5.74, 6) is 2.33. The number of hydrogen-bond acceptors (Lipinski definition) is 6. The Labute approximate surface area is 227 Å². The van der Waals surface area contributed by atoms with Crippen molar-refractivity contribution in [3.63, 3.8) is 0 Å². The van der Waals surface area contributed by atoms with Crippen LogP contribution in [0.15, 0.2) is 30.7 Å². The van der Waals surface area contributed by atoms with E-state index >= 15 is 0 Å². The fraction of sp³-hybridized carbons (Fsp3) is 0.462. The highest BCUT2D eigenvalue weighted by Crippen LogP contribution is 2.35. The number of halogens is 3. The molecule has 2 aliphatic rings. The molecule has 1 N–H and O–H groups in total. The summed E-state index contributed by atoms with van der Waals surface area (Å²) in [7, 11) is 2.13. The predicted octanol–water partition coefficient (Wildman–Crippen LogP) is 4.77. The standard InChI is InChI=1S/C26H31ClFN7O.ClH/c1-16(2)33(3)10-11-35-14-22(18-4-5-21(28)20(27)12-18)31-25(35)17-6-8-34(9-7-17)26-19-13-23(36)32-24(19)29-15-30-26;/h4-5,12,14-17H,6-11,13H2,1-3H3,(H,29,30,32,36);1H. The number of hydrogen-bond donors (Lipinski definition) is 1. The summed E-state index contributed by atoms with van der Waals surface area (Å²) in [6.45, 7) is 7.72. The van der Waals surface area contributed by atoms with Gasteiger partial charge in [0.15, 0.2) is 0 Å². The minimum Gasteiger partial charge on any atom is -0.356 e. The monoisotopic (exact) mass is 547 g/mol. The van der Waals surface area contributed by atoms with E-state index in [1.54, 1.807) is 12.1 Å². The van der Waals surface area contributed by atoms with Gasteiger partial charge in [0.25, 0.3) is 0 Å². The first-order chi connectivity index (χ1) is 17.3. The molecule has 37 heavy (non-hydrogen) atoms. The van der Waals surface area contributed by atoms with Gasteiger partial charge in [-0.3, -0.25) is 4.79 Å². The topological polar surface area (TPSA) is 79.2 Å². The lowest BCUT2D eigenvalue weighted by Crippen LogP contribution is -2.35. The molecule has 1 amide bonds. The van der Waals surface area contributed by atoms with Crippen LogP contribution in [0.25, 0.3) is 11.3 Å². The average molecular weight is 548 g/mol. The smallest absolute Gasteiger partial charge is 0.230 e. The molecule has 0 unspecified atom stereocenters. The molecule has 1 fully saturated rings. The second kappa shape index (κ2) is 11.3. The summed E-state index contributed by atoms with van der Waals surface area (Å²) in [6.07, 6.45) is 5.74. The third kappa shape index (κ3) is 5.73. The van der Waals surface area contributed by atoms with Crippen molar-refractivity contribution >= 4 is 41.6 Å². The Bertz CT molecular complexity index is 1270. The quantitative estimate of drug-likeness (QED) is 0.458. The molecule has 0 radical (unpaired) electrons. The number of carbonyl (C=O) groups is 1. The summed E-state index contributed by atoms with van der Waals surface area (Å²) >= 11 is 6.06. The van der Waals surface area contributed by atoms with Crippen molar-refractivity contribution in [1.29, 1.82) is 0 Å². The first-order valence-electron chi connectivity index (χ1n) is 12.4. The molecule has 0 bridgehead atoms. The zero-order valence-corrected chi connectivity index (χ0v) is 22.8. The SMILES string of the molecule is CC(C)N(C)CCn1cc(-c2ccc(F)c(Cl)c2)nc1C1CCN(c2ncnc3c2CC(=O)N3)CC1.Cl. The predicted molar refractivity (Wildman–Crippen MR) is 146 cm³/mol. The summed E-state index contributed by atoms with van der Waals surface area (Å²) in [5, 5.41) is 2.91. The lowest BCUT2D eigenvalue weighted by Gasteiger charge is -2.33. The van der Waals surface area contributed by atoms with Gasteiger partial charge in [-0.15, -0.1) is 12.4 Å². The van der Waals surface area contributed by atoms with E-state index in [1.165, 1.54) is 12.4 Å². The number of likely N-dealkylation sites (N-methyl/N-ethyl adjacent to an activating group) is 1. The van der Waals surface area contributed by atoms with Gasteiger partial charge in [0.05, 0.1) is 17.1 Å². The molecule has 11 heteroatoms. The van der Waals surface area contributed by atoms with E-state index in [1.807, 2.05) is 0 Å². The first-order valence-corrected chi connectivity index (χ1v) is 12.8. The van der Waals surface area contributed by atoms with Crippen LogP contribution in [0, 0.1) is 5.82 Å². The van der Waals surface area contributed by atoms with Crippen LogP contribution in [0.4, 0.5) is 16.0 Å². The van der Waals surface area contributed by atoms with Gasteiger partial charge >= 0.3 is 0 Å². The van der Waals surface area contributed by atoms with Crippen LogP contribution < -0.4 is 10.2 Å². The number of anilines is 2. The maximum Gasteiger partial charge on any atom is 0.230 e. The lowest BCUT2D eigenvalue weighted by atomic mass is 9.95. The van der Waals surface area contributed by atoms with Gasteiger partial charge in [-0.2, -0.15) is 0 Å². The summed E-state index contributed by atoms with van der Waals surface area (Å²) < 4.78 is 16.0. The van der Waals surface area contributed by atoms with Crippen LogP contribution >= 0.6 is 24.0 Å². The third-order valence-electron chi connectivity index (χ3n) is 7.28. The molecule has 0 atom stereocenters. The molecule has 2 aromatic heterocycles. The Hall–Kier alpha value is -2.75. The van der Waals surface area contributed by atoms with Crippen molar-refractivity contribution in [2.24, 2.45) is 0 Å². The van der Waals surface area contributed by atoms with Crippen LogP contribution in [0.3, 0.4) is 0 Å². The highest BCUT2D eigenvalue weighted by molar-refractivity contribution is 6.31. The fourth-order valence-corrected chi connectivity index (χ4v) is 5.07. The Morgan fingerprint density at radius 3 is 2.70 bits per heavy atom. The molecule has 8 nitrogen and oxygen atoms in total. The number of amides is 1. The highest BCUT2D eigenvalue weighted by Gasteiger charge is 2.30. The zero-order valence-electron chi connectivity index (χ0n) is 21.2. The van der Waals surface area contributed by atoms with Crippen LogP contribution in [0.2, 0.25) is 5.02 Å². The maximum absolute atomic E-state index is 13.8. The molecule has 5 rings (SSSR count). The summed E-state index contributed by atoms with van der Waals surface area (Å²) in [4.78, 5) is 30.2. The van der Waals surface area contributed by atoms with E-state index in [9.17, 15) is 9.18 Å². The molecule has 1 aromatic carbocycles. The second-order valence-electron chi connectivity index (χ2n) is 9.89. The molecule has 0 saturated carbocycles. The molecule has 0 spiro atoms. The van der Waals surface area contributed by atoms with Gasteiger partial charge in [-0.25, -0.2) is 19.3 Å². The van der Waals surface area contributed by atoms with Crippen molar-refractivity contribution in [2.75, 3.05) is 36.9 Å². The maximum atomic E-state index is 13.8. The van der Waals surface area contributed by atoms with Crippen LogP contribution in [-0.2, 0) is 17.8 Å². The lowest BCUT2D eigenvalue weighted by molar-refractivity contribution is -0.115. The highest BCUT2D eigenvalue weighted by atomic mass is 35.5. The van der Waals surface area contributed by atoms with Crippen LogP contribution in [0.5, 0.6) is 0 Å². The first kappa shape index (κ1) is 27.3. The van der Waals surface area contributed by atoms with Gasteiger partial charge in [0.1, 0.15) is 29.6 Å². The Morgan fingerprint density at radius 1 is 1.24 bits per heavy atom. The van der Waals surface area contributed by atoms with E-state index < -0.39 is 5.82 Å². The normalized spacial score (nSPS) is 15.8. The average Bonchev–Trinajstić information content (AvgIpc) is 3.47. The minimum atomic E-state index is -0.431. The minimum absolute atomic E-state index is 0. The Balaban J connectivity index is 0.00000320. The number of benzene rings is 1. The fourth-order valence-electron chi connectivity index (χ4n) is 4.89. The largest absolute Gasteiger partial charge is 0.356 e. The molecule has 0 aliphatic carbocycles. The molecular formula is C26H32Cl2FN7O. The number of carbonyl (C=O) groups excluding carboxylic acids is 1. The number of piperidine rings is 1. The van der Waals surface area contributed by atoms with Crippen LogP contribution in [0.1, 0.15) is 44.0 Å². The number of nitrogens with zero attached hydrogens (tertiary/aromatic N) is 6. The number of rotatable bonds is 7. The summed E-state index contributed by atoms with van der Waals surface area (Å²) in [6, 6.07) is 5.21. The molecule has 198 valence electrons. The zero-order chi connectivity index (χ0) is 25.4. The van der Waals surface area contributed by atoms with Gasteiger partial charge in [-0.1, -0.05) is 11.6 Å². The second-order valence-corrected chi connectivity index (χ2v) is 10.3. The molecule has 2 aliphatic heterocycles. The summed E-state index contributed by atoms with van der Waals surface area (Å²) in [5.41, 5.74) is 2.50. The number of aromatic nitrogens is 4. The van der Waals surface area contributed by atoms with Gasteiger partial charge < -0.3 is 19.7 Å². The van der Waals surface area contributed by atoms with E-state index in [4.69, 9.17) is 16.6 Å². The van der Waals surface area contributed by atoms with Crippen molar-refractivity contribution in [3.8, 4) is 11.3 Å². The number of fused-ring (bicyclic) bond motifs is 1. The third-order valence-corrected chi connectivity index (χ3v) is 7.56. The Morgan fingerprint density at radius 2 is 2.00 bits per heavy atom. The molecular weight excluding hydrogens is 516 g/mol. The number of nitrogens with one attached hydrogen (secondary N) is 1. The molecule has 4 heterocycles. The number of imidazole rings is 1. The van der Waals surface area contributed by atoms with Gasteiger partial charge in [0.2, 0.25) is 5.91 Å². The van der Waals surface area contributed by atoms with Gasteiger partial charge in [0, 0.05) is 55.5 Å². The van der Waals surface area contributed by atoms with Crippen LogP contribution in [-0.4, -0.2) is 63.0 Å². The Kier molecular flexibility index (Phi) is 8.36. The van der Waals surface area contributed by atoms with Crippen molar-refractivity contribution in [3.05, 3.63) is 53.0 Å². The van der Waals surface area contributed by atoms with E-state index in [0.29, 0.717) is 18.3 Å². The van der Waals surface area contributed by atoms with E-state index in [0.717, 1.165) is 67.5 Å². The van der Waals surface area contributed by atoms with E-state index in [2.05, 4.69) is 56.7 Å². The molecule has 1 saturated heterocycles. The van der Waals surface area contributed by atoms with Crippen molar-refractivity contribution in [1.82, 2.24) is 24.4 Å². The van der Waals surface area contributed by atoms with Crippen molar-refractivity contribution < 1.29 is 9.18 Å². The van der Waals surface area contributed by atoms with E-state index in [-0.39, 0.29) is 29.3 Å². The molecule has 3 aromatic rings. The van der Waals surface area contributed by atoms with Gasteiger partial charge in [-0.05, 0) is 51.9 Å².